The van der Waals surface area contributed by atoms with Crippen molar-refractivity contribution in [2.75, 3.05) is 0 Å². The summed E-state index contributed by atoms with van der Waals surface area (Å²) in [4.78, 5) is 14.3. The molecule has 0 amide bonds. The third kappa shape index (κ3) is 7.85. The summed E-state index contributed by atoms with van der Waals surface area (Å²) in [6.45, 7) is 15.4. The van der Waals surface area contributed by atoms with Crippen LogP contribution in [-0.4, -0.2) is 19.5 Å². The molecule has 57 heavy (non-hydrogen) atoms. The summed E-state index contributed by atoms with van der Waals surface area (Å²) in [5, 5.41) is 2.08. The molecule has 0 atom stereocenters. The molecule has 0 fully saturated rings. The van der Waals surface area contributed by atoms with Crippen LogP contribution < -0.4 is 0 Å². The minimum absolute atomic E-state index is 0. The van der Waals surface area contributed by atoms with Gasteiger partial charge in [0.25, 0.3) is 0 Å². The van der Waals surface area contributed by atoms with Crippen molar-refractivity contribution < 1.29 is 24.5 Å². The van der Waals surface area contributed by atoms with E-state index in [0.29, 0.717) is 17.8 Å². The number of pyridine rings is 2. The zero-order valence-electron chi connectivity index (χ0n) is 33.5. The molecule has 0 unspecified atom stereocenters. The molecule has 0 spiro atoms. The molecule has 4 heterocycles. The number of furan rings is 1. The van der Waals surface area contributed by atoms with Crippen LogP contribution in [0.25, 0.3) is 72.6 Å². The maximum Gasteiger partial charge on any atom is 0.148 e. The summed E-state index contributed by atoms with van der Waals surface area (Å²) in [7, 11) is 0. The molecule has 0 aliphatic rings. The summed E-state index contributed by atoms with van der Waals surface area (Å²) in [6.07, 6.45) is 3.76. The molecule has 0 aliphatic heterocycles. The van der Waals surface area contributed by atoms with Gasteiger partial charge in [-0.3, -0.25) is 4.57 Å². The minimum atomic E-state index is 0. The average Bonchev–Trinajstić information content (AvgIpc) is 3.81. The molecule has 0 saturated heterocycles. The van der Waals surface area contributed by atoms with Crippen LogP contribution in [-0.2, 0) is 20.1 Å². The van der Waals surface area contributed by atoms with Gasteiger partial charge in [-0.05, 0) is 65.5 Å². The zero-order valence-corrected chi connectivity index (χ0v) is 35.9. The van der Waals surface area contributed by atoms with Crippen LogP contribution in [0.3, 0.4) is 0 Å². The fraction of sp³-hybridized carbons (Fsp3) is 0.196. The van der Waals surface area contributed by atoms with Crippen molar-refractivity contribution in [1.29, 1.82) is 0 Å². The predicted molar refractivity (Wildman–Crippen MR) is 231 cm³/mol. The van der Waals surface area contributed by atoms with Crippen molar-refractivity contribution in [3.8, 4) is 39.6 Å². The molecule has 1 radical (unpaired) electrons. The van der Waals surface area contributed by atoms with E-state index in [9.17, 15) is 0 Å². The molecule has 9 rings (SSSR count). The molecular formula is C51H46IrN4O-2. The van der Waals surface area contributed by atoms with Crippen LogP contribution in [0.2, 0.25) is 0 Å². The Kier molecular flexibility index (Phi) is 11.7. The van der Waals surface area contributed by atoms with Crippen molar-refractivity contribution in [2.24, 2.45) is 0 Å². The SMILES string of the molecule is CC(C)c1ccnc(-c2[c-]ccc3c2oc2c3ccc3c2nc(-c2ccccc2)n3-c2ccccc2)c1.Cc1c[c-]c(-c2cc(C(C)C)ccn2)cc1C(C)C.[Ir]. The molecule has 4 aromatic heterocycles. The van der Waals surface area contributed by atoms with Gasteiger partial charge in [-0.25, -0.2) is 4.98 Å². The van der Waals surface area contributed by atoms with Gasteiger partial charge in [-0.15, -0.1) is 53.1 Å². The number of fused-ring (bicyclic) bond motifs is 5. The fourth-order valence-electron chi connectivity index (χ4n) is 7.39. The summed E-state index contributed by atoms with van der Waals surface area (Å²) >= 11 is 0. The Bertz CT molecular complexity index is 2800. The van der Waals surface area contributed by atoms with Gasteiger partial charge in [0.2, 0.25) is 0 Å². The van der Waals surface area contributed by atoms with Crippen molar-refractivity contribution in [3.05, 3.63) is 168 Å². The van der Waals surface area contributed by atoms with E-state index in [1.54, 1.807) is 0 Å². The first kappa shape index (κ1) is 39.6. The van der Waals surface area contributed by atoms with Crippen LogP contribution in [0.1, 0.15) is 81.5 Å². The smallest absolute Gasteiger partial charge is 0.148 e. The predicted octanol–water partition coefficient (Wildman–Crippen LogP) is 13.7. The maximum atomic E-state index is 6.64. The first-order valence-electron chi connectivity index (χ1n) is 19.5. The van der Waals surface area contributed by atoms with Crippen molar-refractivity contribution in [3.63, 3.8) is 0 Å². The van der Waals surface area contributed by atoms with Crippen LogP contribution >= 0.6 is 0 Å². The van der Waals surface area contributed by atoms with Gasteiger partial charge in [0.15, 0.2) is 0 Å². The molecule has 6 heteroatoms. The Morgan fingerprint density at radius 3 is 1.93 bits per heavy atom. The van der Waals surface area contributed by atoms with Gasteiger partial charge in [0.1, 0.15) is 16.9 Å². The van der Waals surface area contributed by atoms with Gasteiger partial charge in [0, 0.05) is 49.1 Å². The molecular weight excluding hydrogens is 877 g/mol. The maximum absolute atomic E-state index is 6.64. The summed E-state index contributed by atoms with van der Waals surface area (Å²) in [5.41, 5.74) is 14.6. The number of nitrogens with zero attached hydrogens (tertiary/aromatic N) is 4. The minimum Gasteiger partial charge on any atom is -0.498 e. The van der Waals surface area contributed by atoms with Crippen LogP contribution in [0, 0.1) is 19.1 Å². The standard InChI is InChI=1S/C33H24N3O.C18H22N.Ir/c1-21(2)23-18-19-34-28(20-23)27-15-9-14-25-26-16-17-29-30(32(26)37-31(25)27)35-33(22-10-5-3-6-11-22)36(29)24-12-7-4-8-13-24;1-12(2)15-8-9-19-18(11-15)16-7-6-14(5)17(10-16)13(3)4;/h3-14,16-21H,1-2H3;6,8-13H,1-5H3;/q2*-1;. The first-order valence-corrected chi connectivity index (χ1v) is 19.5. The number of para-hydroxylation sites is 1. The van der Waals surface area contributed by atoms with E-state index in [-0.39, 0.29) is 20.1 Å². The van der Waals surface area contributed by atoms with Crippen molar-refractivity contribution in [1.82, 2.24) is 19.5 Å². The quantitative estimate of drug-likeness (QED) is 0.149. The number of imidazole rings is 1. The topological polar surface area (TPSA) is 56.7 Å². The van der Waals surface area contributed by atoms with E-state index in [4.69, 9.17) is 9.40 Å². The number of hydrogen-bond donors (Lipinski definition) is 0. The monoisotopic (exact) mass is 923 g/mol. The van der Waals surface area contributed by atoms with Gasteiger partial charge in [0.05, 0.1) is 11.1 Å². The number of hydrogen-bond acceptors (Lipinski definition) is 4. The second-order valence-electron chi connectivity index (χ2n) is 15.4. The number of aryl methyl sites for hydroxylation is 1. The second-order valence-corrected chi connectivity index (χ2v) is 15.4. The Balaban J connectivity index is 0.000000211. The van der Waals surface area contributed by atoms with Crippen molar-refractivity contribution in [2.45, 2.75) is 66.2 Å². The summed E-state index contributed by atoms with van der Waals surface area (Å²) in [6, 6.07) is 48.5. The number of aromatic nitrogens is 4. The van der Waals surface area contributed by atoms with E-state index < -0.39 is 0 Å². The van der Waals surface area contributed by atoms with Crippen molar-refractivity contribution >= 4 is 33.0 Å². The molecule has 0 saturated carbocycles. The van der Waals surface area contributed by atoms with Gasteiger partial charge < -0.3 is 14.4 Å². The Morgan fingerprint density at radius 1 is 0.632 bits per heavy atom. The normalized spacial score (nSPS) is 11.4. The van der Waals surface area contributed by atoms with E-state index in [2.05, 4.69) is 166 Å². The Hall–Kier alpha value is -5.68. The van der Waals surface area contributed by atoms with Crippen LogP contribution in [0.4, 0.5) is 0 Å². The molecule has 5 aromatic carbocycles. The molecule has 9 aromatic rings. The number of benzene rings is 5. The van der Waals surface area contributed by atoms with E-state index in [1.165, 1.54) is 22.3 Å². The van der Waals surface area contributed by atoms with E-state index in [0.717, 1.165) is 72.6 Å². The second kappa shape index (κ2) is 16.8. The zero-order chi connectivity index (χ0) is 38.9. The van der Waals surface area contributed by atoms with E-state index in [1.807, 2.05) is 42.7 Å². The third-order valence-electron chi connectivity index (χ3n) is 10.5. The molecule has 0 aliphatic carbocycles. The fourth-order valence-corrected chi connectivity index (χ4v) is 7.39. The molecule has 0 bridgehead atoms. The largest absolute Gasteiger partial charge is 0.498 e. The number of rotatable bonds is 7. The molecule has 5 nitrogen and oxygen atoms in total. The van der Waals surface area contributed by atoms with Crippen LogP contribution in [0.15, 0.2) is 138 Å². The van der Waals surface area contributed by atoms with Gasteiger partial charge in [-0.2, -0.15) is 0 Å². The van der Waals surface area contributed by atoms with Gasteiger partial charge in [-0.1, -0.05) is 131 Å². The van der Waals surface area contributed by atoms with E-state index >= 15 is 0 Å². The summed E-state index contributed by atoms with van der Waals surface area (Å²) < 4.78 is 8.85. The average molecular weight is 923 g/mol. The van der Waals surface area contributed by atoms with Crippen LogP contribution in [0.5, 0.6) is 0 Å². The molecule has 287 valence electrons. The Labute approximate surface area is 349 Å². The van der Waals surface area contributed by atoms with Gasteiger partial charge >= 0.3 is 0 Å². The third-order valence-corrected chi connectivity index (χ3v) is 10.5. The molecule has 0 N–H and O–H groups in total. The first-order chi connectivity index (χ1) is 27.2. The summed E-state index contributed by atoms with van der Waals surface area (Å²) in [5.74, 6) is 2.35. The Morgan fingerprint density at radius 2 is 1.26 bits per heavy atom.